The van der Waals surface area contributed by atoms with Crippen molar-refractivity contribution in [2.24, 2.45) is 5.92 Å². The molecule has 1 saturated carbocycles. The summed E-state index contributed by atoms with van der Waals surface area (Å²) >= 11 is 7.53. The molecule has 1 aliphatic carbocycles. The summed E-state index contributed by atoms with van der Waals surface area (Å²) in [5, 5.41) is 3.83. The molecular formula is C24H30ClN5O2S. The summed E-state index contributed by atoms with van der Waals surface area (Å²) < 4.78 is 0. The van der Waals surface area contributed by atoms with Crippen LogP contribution in [0.15, 0.2) is 41.6 Å². The Morgan fingerprint density at radius 2 is 1.82 bits per heavy atom. The number of hydrogen-bond acceptors (Lipinski definition) is 6. The molecule has 1 aromatic heterocycles. The average molecular weight is 488 g/mol. The lowest BCUT2D eigenvalue weighted by Crippen LogP contribution is -2.50. The highest BCUT2D eigenvalue weighted by atomic mass is 35.5. The van der Waals surface area contributed by atoms with Gasteiger partial charge < -0.3 is 15.1 Å². The summed E-state index contributed by atoms with van der Waals surface area (Å²) in [6, 6.07) is 11.5. The lowest BCUT2D eigenvalue weighted by Gasteiger charge is -2.36. The van der Waals surface area contributed by atoms with Crippen LogP contribution in [-0.2, 0) is 9.59 Å². The van der Waals surface area contributed by atoms with Crippen LogP contribution in [0.4, 0.5) is 5.82 Å². The fourth-order valence-electron chi connectivity index (χ4n) is 4.44. The van der Waals surface area contributed by atoms with Gasteiger partial charge in [-0.05, 0) is 25.3 Å². The molecule has 4 rings (SSSR count). The van der Waals surface area contributed by atoms with Crippen molar-refractivity contribution in [3.05, 3.63) is 47.1 Å². The van der Waals surface area contributed by atoms with E-state index in [1.165, 1.54) is 24.6 Å². The summed E-state index contributed by atoms with van der Waals surface area (Å²) in [5.41, 5.74) is 1.06. The second kappa shape index (κ2) is 11.2. The van der Waals surface area contributed by atoms with Gasteiger partial charge >= 0.3 is 0 Å². The quantitative estimate of drug-likeness (QED) is 0.362. The van der Waals surface area contributed by atoms with E-state index in [1.807, 2.05) is 42.2 Å². The number of aromatic nitrogens is 2. The van der Waals surface area contributed by atoms with Crippen LogP contribution in [0.25, 0.3) is 0 Å². The maximum absolute atomic E-state index is 12.7. The number of nitrogens with zero attached hydrogens (tertiary/aromatic N) is 4. The van der Waals surface area contributed by atoms with Crippen LogP contribution in [0.5, 0.6) is 0 Å². The number of halogens is 1. The predicted molar refractivity (Wildman–Crippen MR) is 132 cm³/mol. The van der Waals surface area contributed by atoms with E-state index in [0.29, 0.717) is 42.4 Å². The first-order valence-electron chi connectivity index (χ1n) is 11.5. The maximum Gasteiger partial charge on any atom is 0.230 e. The molecule has 2 fully saturated rings. The molecular weight excluding hydrogens is 458 g/mol. The monoisotopic (exact) mass is 487 g/mol. The van der Waals surface area contributed by atoms with Gasteiger partial charge in [0.15, 0.2) is 5.16 Å². The summed E-state index contributed by atoms with van der Waals surface area (Å²) in [5.74, 6) is 1.38. The Hall–Kier alpha value is -2.32. The third-order valence-electron chi connectivity index (χ3n) is 6.29. The van der Waals surface area contributed by atoms with Crippen LogP contribution < -0.4 is 10.2 Å². The molecule has 1 unspecified atom stereocenters. The molecule has 2 heterocycles. The maximum atomic E-state index is 12.7. The van der Waals surface area contributed by atoms with E-state index in [-0.39, 0.29) is 23.6 Å². The molecule has 1 atom stereocenters. The lowest BCUT2D eigenvalue weighted by atomic mass is 10.1. The van der Waals surface area contributed by atoms with Crippen LogP contribution in [0.2, 0.25) is 5.15 Å². The summed E-state index contributed by atoms with van der Waals surface area (Å²) in [4.78, 5) is 38.1. The van der Waals surface area contributed by atoms with Crippen molar-refractivity contribution >= 4 is 41.0 Å². The van der Waals surface area contributed by atoms with Gasteiger partial charge in [0.2, 0.25) is 11.8 Å². The second-order valence-electron chi connectivity index (χ2n) is 8.61. The minimum absolute atomic E-state index is 0.0709. The fourth-order valence-corrected chi connectivity index (χ4v) is 5.33. The Labute approximate surface area is 204 Å². The smallest absolute Gasteiger partial charge is 0.230 e. The van der Waals surface area contributed by atoms with Gasteiger partial charge in [-0.3, -0.25) is 9.59 Å². The van der Waals surface area contributed by atoms with Crippen molar-refractivity contribution < 1.29 is 9.59 Å². The molecule has 2 amide bonds. The Bertz CT molecular complexity index is 963. The van der Waals surface area contributed by atoms with Gasteiger partial charge in [0.05, 0.1) is 11.8 Å². The number of hydrogen-bond donors (Lipinski definition) is 1. The fraction of sp³-hybridized carbons (Fsp3) is 0.500. The molecule has 0 radical (unpaired) electrons. The van der Waals surface area contributed by atoms with E-state index >= 15 is 0 Å². The number of amides is 2. The van der Waals surface area contributed by atoms with Crippen molar-refractivity contribution in [1.82, 2.24) is 20.2 Å². The second-order valence-corrected chi connectivity index (χ2v) is 9.94. The number of carbonyl (C=O) groups excluding carboxylic acids is 2. The van der Waals surface area contributed by atoms with Gasteiger partial charge in [-0.15, -0.1) is 0 Å². The Kier molecular flexibility index (Phi) is 8.09. The Balaban J connectivity index is 1.29. The van der Waals surface area contributed by atoms with Crippen LogP contribution in [0.3, 0.4) is 0 Å². The zero-order chi connectivity index (χ0) is 23.2. The number of rotatable bonds is 7. The number of nitrogens with one attached hydrogen (secondary N) is 1. The zero-order valence-electron chi connectivity index (χ0n) is 18.9. The van der Waals surface area contributed by atoms with Gasteiger partial charge in [0, 0.05) is 38.2 Å². The summed E-state index contributed by atoms with van der Waals surface area (Å²) in [6.07, 6.45) is 4.39. The first-order chi connectivity index (χ1) is 16.0. The van der Waals surface area contributed by atoms with Crippen molar-refractivity contribution in [2.75, 3.05) is 36.8 Å². The molecule has 0 bridgehead atoms. The predicted octanol–water partition coefficient (Wildman–Crippen LogP) is 3.94. The average Bonchev–Trinajstić information content (AvgIpc) is 3.38. The highest BCUT2D eigenvalue weighted by Gasteiger charge is 2.29. The zero-order valence-corrected chi connectivity index (χ0v) is 20.4. The topological polar surface area (TPSA) is 78.4 Å². The Morgan fingerprint density at radius 3 is 2.52 bits per heavy atom. The van der Waals surface area contributed by atoms with Crippen LogP contribution in [-0.4, -0.2) is 58.6 Å². The minimum atomic E-state index is -0.0829. The van der Waals surface area contributed by atoms with E-state index in [9.17, 15) is 9.59 Å². The number of piperazine rings is 1. The molecule has 0 spiro atoms. The van der Waals surface area contributed by atoms with Crippen molar-refractivity contribution in [2.45, 2.75) is 43.8 Å². The van der Waals surface area contributed by atoms with Crippen molar-refractivity contribution in [3.63, 3.8) is 0 Å². The van der Waals surface area contributed by atoms with Gasteiger partial charge in [-0.1, -0.05) is 66.5 Å². The molecule has 33 heavy (non-hydrogen) atoms. The normalized spacial score (nSPS) is 17.8. The third-order valence-corrected chi connectivity index (χ3v) is 7.33. The van der Waals surface area contributed by atoms with E-state index < -0.39 is 0 Å². The van der Waals surface area contributed by atoms with Gasteiger partial charge in [-0.25, -0.2) is 9.97 Å². The number of anilines is 1. The van der Waals surface area contributed by atoms with Gasteiger partial charge in [0.1, 0.15) is 11.0 Å². The van der Waals surface area contributed by atoms with E-state index in [0.717, 1.165) is 24.2 Å². The van der Waals surface area contributed by atoms with E-state index in [1.54, 1.807) is 6.07 Å². The lowest BCUT2D eigenvalue weighted by molar-refractivity contribution is -0.135. The minimum Gasteiger partial charge on any atom is -0.353 e. The molecule has 176 valence electrons. The number of carbonyl (C=O) groups is 2. The largest absolute Gasteiger partial charge is 0.353 e. The first-order valence-corrected chi connectivity index (χ1v) is 12.9. The highest BCUT2D eigenvalue weighted by molar-refractivity contribution is 7.99. The highest BCUT2D eigenvalue weighted by Crippen LogP contribution is 2.28. The Morgan fingerprint density at radius 1 is 1.12 bits per heavy atom. The molecule has 2 aromatic rings. The molecule has 1 saturated heterocycles. The van der Waals surface area contributed by atoms with E-state index in [4.69, 9.17) is 11.6 Å². The SMILES string of the molecule is CC(NC(=O)CSc1nc(Cl)cc(N2CCN(C(=O)C3CCCC3)CC2)n1)c1ccccc1. The van der Waals surface area contributed by atoms with Crippen LogP contribution in [0, 0.1) is 5.92 Å². The van der Waals surface area contributed by atoms with E-state index in [2.05, 4.69) is 20.2 Å². The standard InChI is InChI=1S/C24H30ClN5O2S/c1-17(18-7-3-2-4-8-18)26-22(31)16-33-24-27-20(25)15-21(28-24)29-11-13-30(14-12-29)23(32)19-9-5-6-10-19/h2-4,7-8,15,17,19H,5-6,9-14,16H2,1H3,(H,26,31). The molecule has 9 heteroatoms. The number of thioether (sulfide) groups is 1. The van der Waals surface area contributed by atoms with Crippen LogP contribution >= 0.6 is 23.4 Å². The third kappa shape index (κ3) is 6.38. The van der Waals surface area contributed by atoms with Crippen LogP contribution in [0.1, 0.15) is 44.2 Å². The van der Waals surface area contributed by atoms with Gasteiger partial charge in [-0.2, -0.15) is 0 Å². The molecule has 1 aliphatic heterocycles. The van der Waals surface area contributed by atoms with Crippen molar-refractivity contribution in [3.8, 4) is 0 Å². The van der Waals surface area contributed by atoms with Gasteiger partial charge in [0.25, 0.3) is 0 Å². The molecule has 2 aliphatic rings. The van der Waals surface area contributed by atoms with Crippen molar-refractivity contribution in [1.29, 1.82) is 0 Å². The summed E-state index contributed by atoms with van der Waals surface area (Å²) in [7, 11) is 0. The number of benzene rings is 1. The molecule has 1 N–H and O–H groups in total. The molecule has 1 aromatic carbocycles. The summed E-state index contributed by atoms with van der Waals surface area (Å²) in [6.45, 7) is 4.78. The first kappa shape index (κ1) is 23.8. The molecule has 7 nitrogen and oxygen atoms in total.